The molecule has 160 valence electrons. The average Bonchev–Trinajstić information content (AvgIpc) is 3.07. The molecule has 3 aromatic rings. The number of hydrazone groups is 2. The average molecular weight is 428 g/mol. The lowest BCUT2D eigenvalue weighted by Gasteiger charge is -2.12. The number of hydrogen-bond donors (Lipinski definition) is 3. The van der Waals surface area contributed by atoms with Crippen LogP contribution in [0.1, 0.15) is 22.8 Å². The maximum Gasteiger partial charge on any atom is 0.335 e. The minimum absolute atomic E-state index is 0.111. The molecular weight excluding hydrogens is 408 g/mol. The van der Waals surface area contributed by atoms with E-state index in [9.17, 15) is 19.8 Å². The zero-order chi connectivity index (χ0) is 22.8. The second-order valence-corrected chi connectivity index (χ2v) is 7.30. The molecule has 1 amide bonds. The lowest BCUT2D eigenvalue weighted by Crippen LogP contribution is -2.27. The number of hydrogen-bond acceptors (Lipinski definition) is 6. The molecule has 0 saturated heterocycles. The molecule has 4 rings (SSSR count). The van der Waals surface area contributed by atoms with Crippen LogP contribution in [0.15, 0.2) is 76.9 Å². The summed E-state index contributed by atoms with van der Waals surface area (Å²) in [7, 11) is 0. The number of aryl methyl sites for hydroxylation is 1. The number of rotatable bonds is 5. The van der Waals surface area contributed by atoms with E-state index >= 15 is 0 Å². The Labute approximate surface area is 184 Å². The van der Waals surface area contributed by atoms with Crippen molar-refractivity contribution in [3.05, 3.63) is 77.9 Å². The molecular formula is C24H20N4O4. The molecule has 3 aromatic carbocycles. The number of para-hydroxylation sites is 1. The topological polar surface area (TPSA) is 115 Å². The van der Waals surface area contributed by atoms with E-state index in [1.54, 1.807) is 49.4 Å². The molecule has 0 radical (unpaired) electrons. The summed E-state index contributed by atoms with van der Waals surface area (Å²) in [5.41, 5.74) is 6.36. The molecule has 3 N–H and O–H groups in total. The number of nitrogens with one attached hydrogen (secondary N) is 1. The zero-order valence-corrected chi connectivity index (χ0v) is 17.4. The fraction of sp³-hybridized carbons (Fsp3) is 0.0833. The number of phenols is 1. The molecule has 0 bridgehead atoms. The monoisotopic (exact) mass is 428 g/mol. The fourth-order valence-electron chi connectivity index (χ4n) is 3.29. The normalized spacial score (nSPS) is 14.6. The van der Waals surface area contributed by atoms with Crippen LogP contribution in [0.25, 0.3) is 11.1 Å². The lowest BCUT2D eigenvalue weighted by atomic mass is 10.0. The highest BCUT2D eigenvalue weighted by Gasteiger charge is 2.30. The third-order valence-electron chi connectivity index (χ3n) is 5.01. The quantitative estimate of drug-likeness (QED) is 0.415. The molecule has 8 nitrogen and oxygen atoms in total. The molecule has 1 aliphatic heterocycles. The second-order valence-electron chi connectivity index (χ2n) is 7.30. The molecule has 1 heterocycles. The molecule has 0 aliphatic carbocycles. The Hall–Kier alpha value is -4.46. The molecule has 32 heavy (non-hydrogen) atoms. The van der Waals surface area contributed by atoms with Crippen LogP contribution in [0.3, 0.4) is 0 Å². The Morgan fingerprint density at radius 3 is 2.47 bits per heavy atom. The third kappa shape index (κ3) is 3.93. The molecule has 0 spiro atoms. The van der Waals surface area contributed by atoms with Gasteiger partial charge in [0.05, 0.1) is 22.6 Å². The molecule has 0 fully saturated rings. The number of carbonyl (C=O) groups excluding carboxylic acids is 1. The summed E-state index contributed by atoms with van der Waals surface area (Å²) in [6, 6.07) is 18.6. The van der Waals surface area contributed by atoms with Gasteiger partial charge in [-0.25, -0.2) is 4.79 Å². The summed E-state index contributed by atoms with van der Waals surface area (Å²) in [5, 5.41) is 29.7. The molecule has 0 unspecified atom stereocenters. The Bertz CT molecular complexity index is 1280. The maximum absolute atomic E-state index is 12.8. The number of aromatic carboxylic acids is 1. The summed E-state index contributed by atoms with van der Waals surface area (Å²) < 4.78 is 0. The van der Waals surface area contributed by atoms with Gasteiger partial charge < -0.3 is 10.2 Å². The molecule has 8 heteroatoms. The van der Waals surface area contributed by atoms with E-state index in [0.29, 0.717) is 22.5 Å². The number of aromatic hydroxyl groups is 1. The molecule has 0 saturated carbocycles. The van der Waals surface area contributed by atoms with Crippen molar-refractivity contribution in [2.45, 2.75) is 13.8 Å². The Kier molecular flexibility index (Phi) is 5.43. The first-order chi connectivity index (χ1) is 15.3. The third-order valence-corrected chi connectivity index (χ3v) is 5.01. The van der Waals surface area contributed by atoms with Crippen LogP contribution >= 0.6 is 0 Å². The highest BCUT2D eigenvalue weighted by Crippen LogP contribution is 2.36. The van der Waals surface area contributed by atoms with Crippen LogP contribution in [0.5, 0.6) is 5.75 Å². The first-order valence-electron chi connectivity index (χ1n) is 9.81. The van der Waals surface area contributed by atoms with Gasteiger partial charge in [-0.15, -0.1) is 0 Å². The van der Waals surface area contributed by atoms with Crippen molar-refractivity contribution in [2.75, 3.05) is 10.4 Å². The van der Waals surface area contributed by atoms with Gasteiger partial charge in [0, 0.05) is 5.56 Å². The van der Waals surface area contributed by atoms with Crippen LogP contribution in [-0.4, -0.2) is 33.5 Å². The predicted molar refractivity (Wildman–Crippen MR) is 123 cm³/mol. The number of carbonyl (C=O) groups is 2. The van der Waals surface area contributed by atoms with Gasteiger partial charge in [0.1, 0.15) is 5.75 Å². The Balaban J connectivity index is 1.60. The molecule has 0 atom stereocenters. The van der Waals surface area contributed by atoms with Crippen LogP contribution in [-0.2, 0) is 4.79 Å². The number of benzene rings is 3. The van der Waals surface area contributed by atoms with Gasteiger partial charge in [0.25, 0.3) is 0 Å². The van der Waals surface area contributed by atoms with Crippen molar-refractivity contribution in [3.8, 4) is 16.9 Å². The minimum Gasteiger partial charge on any atom is -0.505 e. The first kappa shape index (κ1) is 20.8. The van der Waals surface area contributed by atoms with Crippen molar-refractivity contribution in [3.63, 3.8) is 0 Å². The van der Waals surface area contributed by atoms with Gasteiger partial charge in [-0.1, -0.05) is 42.0 Å². The number of carboxylic acids is 1. The Morgan fingerprint density at radius 1 is 1.03 bits per heavy atom. The summed E-state index contributed by atoms with van der Waals surface area (Å²) in [5.74, 6) is -1.56. The van der Waals surface area contributed by atoms with Crippen molar-refractivity contribution >= 4 is 34.7 Å². The van der Waals surface area contributed by atoms with Gasteiger partial charge >= 0.3 is 11.9 Å². The van der Waals surface area contributed by atoms with E-state index < -0.39 is 5.97 Å². The lowest BCUT2D eigenvalue weighted by molar-refractivity contribution is -0.112. The van der Waals surface area contributed by atoms with Gasteiger partial charge in [0.2, 0.25) is 0 Å². The van der Waals surface area contributed by atoms with Gasteiger partial charge in [-0.2, -0.15) is 15.2 Å². The van der Waals surface area contributed by atoms with E-state index in [-0.39, 0.29) is 28.6 Å². The van der Waals surface area contributed by atoms with Crippen LogP contribution in [0.2, 0.25) is 0 Å². The number of anilines is 2. The van der Waals surface area contributed by atoms with E-state index in [0.717, 1.165) is 5.56 Å². The highest BCUT2D eigenvalue weighted by atomic mass is 16.4. The maximum atomic E-state index is 12.8. The van der Waals surface area contributed by atoms with Gasteiger partial charge in [-0.3, -0.25) is 10.2 Å². The van der Waals surface area contributed by atoms with Crippen LogP contribution in [0, 0.1) is 6.92 Å². The van der Waals surface area contributed by atoms with Crippen molar-refractivity contribution in [2.24, 2.45) is 10.2 Å². The summed E-state index contributed by atoms with van der Waals surface area (Å²) in [6.07, 6.45) is 0. The van der Waals surface area contributed by atoms with E-state index in [1.165, 1.54) is 17.1 Å². The SMILES string of the molecule is CC1=NN(c2ccc(C)cc2)C(=O)C1=NNc1cccc(-c2cccc(C(=O)O)c2)c1O. The van der Waals surface area contributed by atoms with Gasteiger partial charge in [0.15, 0.2) is 5.71 Å². The predicted octanol–water partition coefficient (Wildman–Crippen LogP) is 4.26. The van der Waals surface area contributed by atoms with Crippen molar-refractivity contribution in [1.29, 1.82) is 0 Å². The smallest absolute Gasteiger partial charge is 0.335 e. The Morgan fingerprint density at radius 2 is 1.75 bits per heavy atom. The summed E-state index contributed by atoms with van der Waals surface area (Å²) >= 11 is 0. The summed E-state index contributed by atoms with van der Waals surface area (Å²) in [4.78, 5) is 24.1. The molecule has 1 aliphatic rings. The van der Waals surface area contributed by atoms with Crippen LogP contribution < -0.4 is 10.4 Å². The zero-order valence-electron chi connectivity index (χ0n) is 17.4. The number of phenolic OH excluding ortho intramolecular Hbond substituents is 1. The minimum atomic E-state index is -1.06. The standard InChI is InChI=1S/C24H20N4O4/c1-14-9-11-18(12-10-14)28-23(30)21(15(2)27-28)26-25-20-8-4-7-19(22(20)29)16-5-3-6-17(13-16)24(31)32/h3-13,25,29H,1-2H3,(H,31,32). The van der Waals surface area contributed by atoms with E-state index in [4.69, 9.17) is 0 Å². The number of carboxylic acid groups (broad SMARTS) is 1. The first-order valence-corrected chi connectivity index (χ1v) is 9.81. The van der Waals surface area contributed by atoms with Crippen LogP contribution in [0.4, 0.5) is 11.4 Å². The van der Waals surface area contributed by atoms with E-state index in [2.05, 4.69) is 15.6 Å². The number of nitrogens with zero attached hydrogens (tertiary/aromatic N) is 3. The second kappa shape index (κ2) is 8.35. The van der Waals surface area contributed by atoms with E-state index in [1.807, 2.05) is 19.1 Å². The van der Waals surface area contributed by atoms with Crippen molar-refractivity contribution < 1.29 is 19.8 Å². The molecule has 0 aromatic heterocycles. The fourth-order valence-corrected chi connectivity index (χ4v) is 3.29. The number of amides is 1. The highest BCUT2D eigenvalue weighted by molar-refractivity contribution is 6.71. The largest absolute Gasteiger partial charge is 0.505 e. The summed E-state index contributed by atoms with van der Waals surface area (Å²) in [6.45, 7) is 3.64. The van der Waals surface area contributed by atoms with Gasteiger partial charge in [-0.05, 0) is 49.7 Å². The van der Waals surface area contributed by atoms with Crippen molar-refractivity contribution in [1.82, 2.24) is 0 Å².